The van der Waals surface area contributed by atoms with Crippen LogP contribution in [-0.4, -0.2) is 39.6 Å². The molecule has 142 valence electrons. The summed E-state index contributed by atoms with van der Waals surface area (Å²) in [6.45, 7) is 4.74. The lowest BCUT2D eigenvalue weighted by Gasteiger charge is -2.33. The quantitative estimate of drug-likeness (QED) is 0.742. The highest BCUT2D eigenvalue weighted by molar-refractivity contribution is 8.02. The number of methoxy groups -OCH3 is 1. The Morgan fingerprint density at radius 3 is 2.65 bits per heavy atom. The fourth-order valence-electron chi connectivity index (χ4n) is 3.55. The zero-order valence-corrected chi connectivity index (χ0v) is 16.9. The molecular formula is C18H24N2O4S2. The standard InChI is InChI=1S/C18H24N2O4S2/c1-10(2)9-20-15(21)7-5-12-11(4-6-13(24-3)16(12)20)8-14-17(22)19-18(25)26(14)23/h4,6,10,14,18,25H,5,7-9H2,1-3H3,(H,19,22). The summed E-state index contributed by atoms with van der Waals surface area (Å²) in [5.74, 6) is 0.816. The predicted molar refractivity (Wildman–Crippen MR) is 105 cm³/mol. The molecule has 1 saturated heterocycles. The summed E-state index contributed by atoms with van der Waals surface area (Å²) < 4.78 is 17.2. The number of rotatable bonds is 5. The van der Waals surface area contributed by atoms with E-state index in [1.54, 1.807) is 12.0 Å². The Bertz CT molecular complexity index is 766. The van der Waals surface area contributed by atoms with E-state index in [4.69, 9.17) is 4.74 Å². The number of hydrogen-bond acceptors (Lipinski definition) is 5. The molecule has 0 radical (unpaired) electrons. The van der Waals surface area contributed by atoms with Crippen molar-refractivity contribution in [2.45, 2.75) is 43.1 Å². The van der Waals surface area contributed by atoms with Crippen LogP contribution in [0.4, 0.5) is 5.69 Å². The number of hydrogen-bond donors (Lipinski definition) is 2. The first kappa shape index (κ1) is 19.2. The summed E-state index contributed by atoms with van der Waals surface area (Å²) in [7, 11) is 0.213. The molecule has 0 aromatic heterocycles. The first-order chi connectivity index (χ1) is 12.3. The van der Waals surface area contributed by atoms with Crippen molar-refractivity contribution in [3.63, 3.8) is 0 Å². The predicted octanol–water partition coefficient (Wildman–Crippen LogP) is 1.63. The van der Waals surface area contributed by atoms with E-state index in [0.29, 0.717) is 37.5 Å². The van der Waals surface area contributed by atoms with Crippen LogP contribution in [-0.2, 0) is 33.2 Å². The Labute approximate surface area is 161 Å². The zero-order chi connectivity index (χ0) is 19.0. The first-order valence-electron chi connectivity index (χ1n) is 8.70. The van der Waals surface area contributed by atoms with Gasteiger partial charge in [0.15, 0.2) is 0 Å². The van der Waals surface area contributed by atoms with Crippen LogP contribution in [0.5, 0.6) is 5.75 Å². The second-order valence-electron chi connectivity index (χ2n) is 7.03. The molecule has 2 aliphatic heterocycles. The largest absolute Gasteiger partial charge is 0.495 e. The van der Waals surface area contributed by atoms with Crippen molar-refractivity contribution < 1.29 is 18.5 Å². The van der Waals surface area contributed by atoms with E-state index < -0.39 is 20.8 Å². The first-order valence-corrected chi connectivity index (χ1v) is 10.5. The SMILES string of the molecule is COc1ccc(CC2C(=O)NC(S)S2=O)c2c1N(CC(C)C)C(=O)CC2. The van der Waals surface area contributed by atoms with Crippen LogP contribution in [0.1, 0.15) is 31.4 Å². The number of nitrogens with zero attached hydrogens (tertiary/aromatic N) is 1. The maximum atomic E-state index is 12.5. The van der Waals surface area contributed by atoms with Crippen molar-refractivity contribution >= 4 is 40.9 Å². The van der Waals surface area contributed by atoms with Gasteiger partial charge in [0.1, 0.15) is 15.7 Å². The molecule has 1 N–H and O–H groups in total. The van der Waals surface area contributed by atoms with Crippen LogP contribution in [0.15, 0.2) is 12.1 Å². The van der Waals surface area contributed by atoms with Crippen LogP contribution < -0.4 is 15.0 Å². The van der Waals surface area contributed by atoms with Crippen LogP contribution >= 0.6 is 12.6 Å². The van der Waals surface area contributed by atoms with Gasteiger partial charge in [-0.2, -0.15) is 0 Å². The van der Waals surface area contributed by atoms with Crippen molar-refractivity contribution in [1.29, 1.82) is 0 Å². The minimum absolute atomic E-state index is 0.0826. The Morgan fingerprint density at radius 1 is 1.35 bits per heavy atom. The molecule has 8 heteroatoms. The highest BCUT2D eigenvalue weighted by atomic mass is 32.2. The van der Waals surface area contributed by atoms with E-state index in [0.717, 1.165) is 16.8 Å². The van der Waals surface area contributed by atoms with E-state index in [-0.39, 0.29) is 11.8 Å². The number of carbonyl (C=O) groups is 2. The fraction of sp³-hybridized carbons (Fsp3) is 0.556. The number of ether oxygens (including phenoxy) is 1. The molecule has 0 aliphatic carbocycles. The normalized spacial score (nSPS) is 25.4. The molecule has 1 aromatic rings. The molecule has 0 spiro atoms. The Hall–Kier alpha value is -1.54. The van der Waals surface area contributed by atoms with Crippen molar-refractivity contribution in [1.82, 2.24) is 5.32 Å². The lowest BCUT2D eigenvalue weighted by atomic mass is 9.92. The molecule has 2 amide bonds. The van der Waals surface area contributed by atoms with Crippen molar-refractivity contribution in [2.24, 2.45) is 5.92 Å². The van der Waals surface area contributed by atoms with E-state index >= 15 is 0 Å². The van der Waals surface area contributed by atoms with Gasteiger partial charge in [-0.15, -0.1) is 12.6 Å². The maximum Gasteiger partial charge on any atom is 0.237 e. The summed E-state index contributed by atoms with van der Waals surface area (Å²) in [5.41, 5.74) is 2.75. The summed E-state index contributed by atoms with van der Waals surface area (Å²) in [5, 5.41) is 2.00. The molecule has 6 nitrogen and oxygen atoms in total. The van der Waals surface area contributed by atoms with Crippen molar-refractivity contribution in [3.05, 3.63) is 23.3 Å². The fourth-order valence-corrected chi connectivity index (χ4v) is 5.28. The topological polar surface area (TPSA) is 75.7 Å². The smallest absolute Gasteiger partial charge is 0.237 e. The number of fused-ring (bicyclic) bond motifs is 1. The third-order valence-electron chi connectivity index (χ3n) is 4.73. The van der Waals surface area contributed by atoms with Crippen LogP contribution in [0.3, 0.4) is 0 Å². The number of anilines is 1. The van der Waals surface area contributed by atoms with Gasteiger partial charge in [-0.1, -0.05) is 19.9 Å². The van der Waals surface area contributed by atoms with Gasteiger partial charge in [-0.25, -0.2) is 0 Å². The van der Waals surface area contributed by atoms with Gasteiger partial charge >= 0.3 is 0 Å². The van der Waals surface area contributed by atoms with E-state index in [9.17, 15) is 13.8 Å². The molecule has 1 aromatic carbocycles. The average molecular weight is 397 g/mol. The number of thiol groups is 1. The summed E-state index contributed by atoms with van der Waals surface area (Å²) in [6.07, 6.45) is 1.39. The highest BCUT2D eigenvalue weighted by Crippen LogP contribution is 2.40. The summed E-state index contributed by atoms with van der Waals surface area (Å²) >= 11 is 4.16. The Morgan fingerprint density at radius 2 is 2.08 bits per heavy atom. The van der Waals surface area contributed by atoms with Gasteiger partial charge in [0.05, 0.1) is 23.6 Å². The second-order valence-corrected chi connectivity index (χ2v) is 9.60. The minimum atomic E-state index is -1.38. The number of amides is 2. The van der Waals surface area contributed by atoms with Crippen molar-refractivity contribution in [2.75, 3.05) is 18.6 Å². The molecule has 2 heterocycles. The van der Waals surface area contributed by atoms with E-state index in [2.05, 4.69) is 31.8 Å². The molecule has 3 unspecified atom stereocenters. The number of nitrogens with one attached hydrogen (secondary N) is 1. The molecule has 3 rings (SSSR count). The number of benzene rings is 1. The van der Waals surface area contributed by atoms with Gasteiger partial charge in [0.2, 0.25) is 11.8 Å². The average Bonchev–Trinajstić information content (AvgIpc) is 2.83. The van der Waals surface area contributed by atoms with Gasteiger partial charge < -0.3 is 15.0 Å². The number of carbonyl (C=O) groups excluding carboxylic acids is 2. The molecule has 26 heavy (non-hydrogen) atoms. The van der Waals surface area contributed by atoms with Crippen molar-refractivity contribution in [3.8, 4) is 5.75 Å². The molecule has 1 fully saturated rings. The molecule has 0 saturated carbocycles. The van der Waals surface area contributed by atoms with Gasteiger partial charge in [0.25, 0.3) is 0 Å². The van der Waals surface area contributed by atoms with Crippen LogP contribution in [0.25, 0.3) is 0 Å². The Balaban J connectivity index is 2.01. The third-order valence-corrected chi connectivity index (χ3v) is 6.99. The zero-order valence-electron chi connectivity index (χ0n) is 15.2. The van der Waals surface area contributed by atoms with Crippen LogP contribution in [0, 0.1) is 5.92 Å². The van der Waals surface area contributed by atoms with E-state index in [1.165, 1.54) is 0 Å². The summed E-state index contributed by atoms with van der Waals surface area (Å²) in [4.78, 5) is 26.4. The van der Waals surface area contributed by atoms with Gasteiger partial charge in [-0.3, -0.25) is 13.8 Å². The van der Waals surface area contributed by atoms with Gasteiger partial charge in [-0.05, 0) is 36.0 Å². The lowest BCUT2D eigenvalue weighted by Crippen LogP contribution is -2.38. The molecule has 3 atom stereocenters. The monoisotopic (exact) mass is 396 g/mol. The third kappa shape index (κ3) is 3.49. The second kappa shape index (κ2) is 7.60. The minimum Gasteiger partial charge on any atom is -0.495 e. The summed E-state index contributed by atoms with van der Waals surface area (Å²) in [6, 6.07) is 3.74. The van der Waals surface area contributed by atoms with Crippen LogP contribution in [0.2, 0.25) is 0 Å². The lowest BCUT2D eigenvalue weighted by molar-refractivity contribution is -0.120. The van der Waals surface area contributed by atoms with Gasteiger partial charge in [0, 0.05) is 13.0 Å². The maximum absolute atomic E-state index is 12.5. The molecule has 0 bridgehead atoms. The Kier molecular flexibility index (Phi) is 5.62. The highest BCUT2D eigenvalue weighted by Gasteiger charge is 2.39. The molecule has 2 aliphatic rings. The molecular weight excluding hydrogens is 372 g/mol. The van der Waals surface area contributed by atoms with E-state index in [1.807, 2.05) is 12.1 Å².